The molecular weight excluding hydrogens is 228 g/mol. The van der Waals surface area contributed by atoms with Gasteiger partial charge in [-0.05, 0) is 36.3 Å². The highest BCUT2D eigenvalue weighted by Gasteiger charge is 2.38. The van der Waals surface area contributed by atoms with Gasteiger partial charge in [-0.15, -0.1) is 0 Å². The quantitative estimate of drug-likeness (QED) is 0.489. The zero-order valence-corrected chi connectivity index (χ0v) is 12.4. The highest BCUT2D eigenvalue weighted by Crippen LogP contribution is 2.37. The minimum absolute atomic E-state index is 0.182. The first-order chi connectivity index (χ1) is 7.67. The van der Waals surface area contributed by atoms with Gasteiger partial charge >= 0.3 is 0 Å². The van der Waals surface area contributed by atoms with Crippen molar-refractivity contribution >= 4 is 20.2 Å². The molecule has 0 saturated heterocycles. The topological polar surface area (TPSA) is 60.8 Å². The maximum Gasteiger partial charge on any atom is 0.250 e. The molecule has 4 heteroatoms. The number of hydrogen-bond donors (Lipinski definition) is 2. The minimum Gasteiger partial charge on any atom is -0.543 e. The van der Waals surface area contributed by atoms with E-state index in [9.17, 15) is 0 Å². The van der Waals surface area contributed by atoms with Crippen LogP contribution in [0.5, 0.6) is 5.75 Å². The van der Waals surface area contributed by atoms with E-state index >= 15 is 0 Å². The summed E-state index contributed by atoms with van der Waals surface area (Å²) in [5.41, 5.74) is 7.29. The van der Waals surface area contributed by atoms with Crippen molar-refractivity contribution in [2.75, 3.05) is 5.73 Å². The Balaban J connectivity index is 3.00. The first-order valence-corrected chi connectivity index (χ1v) is 8.72. The van der Waals surface area contributed by atoms with Crippen molar-refractivity contribution in [3.05, 3.63) is 23.8 Å². The predicted octanol–water partition coefficient (Wildman–Crippen LogP) is 1.83. The van der Waals surface area contributed by atoms with Crippen LogP contribution in [0.1, 0.15) is 26.3 Å². The summed E-state index contributed by atoms with van der Waals surface area (Å²) in [6.07, 6.45) is 1.51. The highest BCUT2D eigenvalue weighted by atomic mass is 28.4. The van der Waals surface area contributed by atoms with Crippen LogP contribution in [-0.4, -0.2) is 14.5 Å². The molecule has 0 aliphatic carbocycles. The van der Waals surface area contributed by atoms with Crippen LogP contribution in [0.25, 0.3) is 0 Å². The maximum absolute atomic E-state index is 6.17. The van der Waals surface area contributed by atoms with Crippen LogP contribution in [0.3, 0.4) is 0 Å². The molecule has 3 nitrogen and oxygen atoms in total. The number of rotatable bonds is 3. The summed E-state index contributed by atoms with van der Waals surface area (Å²) in [6, 6.07) is 5.64. The van der Waals surface area contributed by atoms with Gasteiger partial charge in [0.2, 0.25) is 8.32 Å². The Bertz CT molecular complexity index is 422. The van der Waals surface area contributed by atoms with Crippen LogP contribution in [0.15, 0.2) is 18.2 Å². The molecule has 1 aromatic rings. The number of nitrogen functional groups attached to an aromatic ring is 1. The summed E-state index contributed by atoms with van der Waals surface area (Å²) in [5, 5.41) is 5.70. The van der Waals surface area contributed by atoms with E-state index in [4.69, 9.17) is 15.6 Å². The Morgan fingerprint density at radius 2 is 1.88 bits per heavy atom. The Kier molecular flexibility index (Phi) is 3.67. The van der Waals surface area contributed by atoms with E-state index in [1.165, 1.54) is 6.21 Å². The number of anilines is 1. The molecule has 0 aromatic heterocycles. The summed E-state index contributed by atoms with van der Waals surface area (Å²) in [7, 11) is -1.79. The average molecular weight is 251 g/mol. The van der Waals surface area contributed by atoms with E-state index in [2.05, 4.69) is 33.9 Å². The molecule has 4 N–H and O–H groups in total. The molecule has 0 atom stereocenters. The summed E-state index contributed by atoms with van der Waals surface area (Å²) >= 11 is 0. The number of benzene rings is 1. The van der Waals surface area contributed by atoms with Crippen LogP contribution in [0.2, 0.25) is 18.1 Å². The second-order valence-electron chi connectivity index (χ2n) is 5.82. The molecular formula is C13H23N2OSi+. The van der Waals surface area contributed by atoms with Gasteiger partial charge in [0, 0.05) is 5.69 Å². The van der Waals surface area contributed by atoms with Gasteiger partial charge in [0.05, 0.1) is 5.56 Å². The van der Waals surface area contributed by atoms with Crippen LogP contribution in [0.4, 0.5) is 5.69 Å². The van der Waals surface area contributed by atoms with Crippen molar-refractivity contribution in [2.45, 2.75) is 38.9 Å². The molecule has 1 rings (SSSR count). The Hall–Kier alpha value is -1.29. The zero-order valence-electron chi connectivity index (χ0n) is 11.4. The monoisotopic (exact) mass is 251 g/mol. The van der Waals surface area contributed by atoms with Crippen molar-refractivity contribution in [2.24, 2.45) is 0 Å². The summed E-state index contributed by atoms with van der Waals surface area (Å²) in [4.78, 5) is 0. The lowest BCUT2D eigenvalue weighted by Crippen LogP contribution is -2.43. The lowest BCUT2D eigenvalue weighted by atomic mass is 10.2. The molecule has 0 fully saturated rings. The standard InChI is InChI=1S/C13H22N2OSi/c1-13(2,3)17(4,5)16-11-6-7-12(15)10(8-11)9-14/h6-9,14H,15H2,1-5H3/p+1. The highest BCUT2D eigenvalue weighted by molar-refractivity contribution is 6.74. The van der Waals surface area contributed by atoms with E-state index in [0.717, 1.165) is 11.3 Å². The predicted molar refractivity (Wildman–Crippen MR) is 75.8 cm³/mol. The SMILES string of the molecule is CC(C)(C)[Si](C)(C)Oc1ccc(N)c(C=[NH2+])c1. The van der Waals surface area contributed by atoms with Crippen molar-refractivity contribution in [3.8, 4) is 5.75 Å². The Morgan fingerprint density at radius 3 is 2.35 bits per heavy atom. The molecule has 0 bridgehead atoms. The molecule has 94 valence electrons. The summed E-state index contributed by atoms with van der Waals surface area (Å²) < 4.78 is 6.17. The van der Waals surface area contributed by atoms with Crippen molar-refractivity contribution < 1.29 is 9.84 Å². The third-order valence-electron chi connectivity index (χ3n) is 3.42. The molecule has 0 heterocycles. The van der Waals surface area contributed by atoms with Gasteiger partial charge in [-0.25, -0.2) is 0 Å². The van der Waals surface area contributed by atoms with Crippen molar-refractivity contribution in [1.82, 2.24) is 0 Å². The van der Waals surface area contributed by atoms with Crippen LogP contribution >= 0.6 is 0 Å². The van der Waals surface area contributed by atoms with Crippen LogP contribution in [-0.2, 0) is 0 Å². The van der Waals surface area contributed by atoms with Crippen molar-refractivity contribution in [3.63, 3.8) is 0 Å². The summed E-state index contributed by atoms with van der Waals surface area (Å²) in [6.45, 7) is 11.1. The van der Waals surface area contributed by atoms with Gasteiger partial charge < -0.3 is 10.2 Å². The fourth-order valence-electron chi connectivity index (χ4n) is 1.21. The minimum atomic E-state index is -1.79. The molecule has 0 spiro atoms. The third kappa shape index (κ3) is 3.09. The lowest BCUT2D eigenvalue weighted by Gasteiger charge is -2.36. The lowest BCUT2D eigenvalue weighted by molar-refractivity contribution is -0.104. The molecule has 0 aliphatic heterocycles. The Labute approximate surface area is 105 Å². The van der Waals surface area contributed by atoms with Gasteiger partial charge in [0.25, 0.3) is 0 Å². The first-order valence-electron chi connectivity index (χ1n) is 5.81. The fraction of sp³-hybridized carbons (Fsp3) is 0.462. The Morgan fingerprint density at radius 1 is 1.29 bits per heavy atom. The summed E-state index contributed by atoms with van der Waals surface area (Å²) in [5.74, 6) is 0.850. The molecule has 0 unspecified atom stereocenters. The molecule has 0 saturated carbocycles. The maximum atomic E-state index is 6.17. The second-order valence-corrected chi connectivity index (χ2v) is 10.5. The second kappa shape index (κ2) is 4.53. The number of nitrogens with two attached hydrogens (primary N) is 2. The van der Waals surface area contributed by atoms with Crippen LogP contribution < -0.4 is 15.6 Å². The molecule has 1 aromatic carbocycles. The van der Waals surface area contributed by atoms with Gasteiger partial charge in [0.1, 0.15) is 5.75 Å². The molecule has 0 radical (unpaired) electrons. The molecule has 0 aliphatic rings. The van der Waals surface area contributed by atoms with E-state index in [0.29, 0.717) is 5.69 Å². The largest absolute Gasteiger partial charge is 0.543 e. The van der Waals surface area contributed by atoms with E-state index < -0.39 is 8.32 Å². The van der Waals surface area contributed by atoms with Crippen molar-refractivity contribution in [1.29, 1.82) is 0 Å². The van der Waals surface area contributed by atoms with Gasteiger partial charge in [-0.3, -0.25) is 5.41 Å². The fourth-order valence-corrected chi connectivity index (χ4v) is 2.23. The zero-order chi connectivity index (χ0) is 13.3. The average Bonchev–Trinajstić information content (AvgIpc) is 2.19. The van der Waals surface area contributed by atoms with E-state index in [1.54, 1.807) is 0 Å². The smallest absolute Gasteiger partial charge is 0.250 e. The normalized spacial score (nSPS) is 12.3. The van der Waals surface area contributed by atoms with Gasteiger partial charge in [-0.2, -0.15) is 0 Å². The first kappa shape index (κ1) is 13.8. The molecule has 0 amide bonds. The third-order valence-corrected chi connectivity index (χ3v) is 7.78. The van der Waals surface area contributed by atoms with E-state index in [1.807, 2.05) is 18.2 Å². The number of hydrogen-bond acceptors (Lipinski definition) is 2. The van der Waals surface area contributed by atoms with Gasteiger partial charge in [0.15, 0.2) is 6.21 Å². The van der Waals surface area contributed by atoms with Gasteiger partial charge in [-0.1, -0.05) is 20.8 Å². The molecule has 17 heavy (non-hydrogen) atoms. The van der Waals surface area contributed by atoms with E-state index in [-0.39, 0.29) is 5.04 Å². The van der Waals surface area contributed by atoms with Crippen LogP contribution in [0, 0.1) is 0 Å².